The molecular formula is C13H25ClN2. The second kappa shape index (κ2) is 4.47. The van der Waals surface area contributed by atoms with Gasteiger partial charge in [0.15, 0.2) is 0 Å². The summed E-state index contributed by atoms with van der Waals surface area (Å²) in [7, 11) is 0. The Morgan fingerprint density at radius 2 is 2.00 bits per heavy atom. The summed E-state index contributed by atoms with van der Waals surface area (Å²) in [6.07, 6.45) is 9.74. The molecule has 1 spiro atoms. The number of hydrogen-bond donors (Lipinski definition) is 2. The van der Waals surface area contributed by atoms with E-state index in [-0.39, 0.29) is 12.4 Å². The molecule has 3 heteroatoms. The van der Waals surface area contributed by atoms with Crippen molar-refractivity contribution in [2.24, 2.45) is 34.6 Å². The minimum atomic E-state index is 0. The Kier molecular flexibility index (Phi) is 3.54. The van der Waals surface area contributed by atoms with E-state index in [1.165, 1.54) is 44.9 Å². The second-order valence-corrected chi connectivity index (χ2v) is 6.23. The quantitative estimate of drug-likeness (QED) is 0.744. The largest absolute Gasteiger partial charge is 0.330 e. The lowest BCUT2D eigenvalue weighted by Crippen LogP contribution is -2.49. The number of fused-ring (bicyclic) bond motifs is 3. The molecule has 0 aromatic heterocycles. The maximum Gasteiger partial charge on any atom is 0.0127 e. The molecule has 0 aromatic carbocycles. The minimum Gasteiger partial charge on any atom is -0.330 e. The summed E-state index contributed by atoms with van der Waals surface area (Å²) >= 11 is 0. The van der Waals surface area contributed by atoms with Crippen LogP contribution >= 0.6 is 12.4 Å². The summed E-state index contributed by atoms with van der Waals surface area (Å²) in [6.45, 7) is 0.881. The molecule has 2 bridgehead atoms. The SMILES string of the molecule is Cl.NCC1CCCC2(C1)C1CCC(C1)C2N. The Morgan fingerprint density at radius 3 is 2.62 bits per heavy atom. The van der Waals surface area contributed by atoms with E-state index >= 15 is 0 Å². The van der Waals surface area contributed by atoms with E-state index in [0.717, 1.165) is 24.3 Å². The van der Waals surface area contributed by atoms with Crippen LogP contribution in [0, 0.1) is 23.2 Å². The zero-order valence-electron chi connectivity index (χ0n) is 10.0. The predicted octanol–water partition coefficient (Wildman–Crippen LogP) is 2.30. The zero-order valence-corrected chi connectivity index (χ0v) is 10.8. The fourth-order valence-corrected chi connectivity index (χ4v) is 4.94. The summed E-state index contributed by atoms with van der Waals surface area (Å²) in [6, 6.07) is 0.505. The highest BCUT2D eigenvalue weighted by Crippen LogP contribution is 2.61. The van der Waals surface area contributed by atoms with Crippen molar-refractivity contribution in [2.75, 3.05) is 6.54 Å². The van der Waals surface area contributed by atoms with E-state index in [2.05, 4.69) is 0 Å². The molecular weight excluding hydrogens is 220 g/mol. The van der Waals surface area contributed by atoms with Crippen LogP contribution in [0.25, 0.3) is 0 Å². The maximum atomic E-state index is 6.51. The highest BCUT2D eigenvalue weighted by Gasteiger charge is 2.57. The van der Waals surface area contributed by atoms with Gasteiger partial charge in [-0.1, -0.05) is 6.42 Å². The highest BCUT2D eigenvalue weighted by molar-refractivity contribution is 5.85. The van der Waals surface area contributed by atoms with E-state index in [9.17, 15) is 0 Å². The number of rotatable bonds is 1. The van der Waals surface area contributed by atoms with E-state index < -0.39 is 0 Å². The van der Waals surface area contributed by atoms with Crippen molar-refractivity contribution in [3.63, 3.8) is 0 Å². The predicted molar refractivity (Wildman–Crippen MR) is 69.5 cm³/mol. The van der Waals surface area contributed by atoms with E-state index in [4.69, 9.17) is 11.5 Å². The summed E-state index contributed by atoms with van der Waals surface area (Å²) in [5.41, 5.74) is 12.9. The zero-order chi connectivity index (χ0) is 10.5. The van der Waals surface area contributed by atoms with Gasteiger partial charge in [0.25, 0.3) is 0 Å². The summed E-state index contributed by atoms with van der Waals surface area (Å²) in [5.74, 6) is 2.57. The van der Waals surface area contributed by atoms with Crippen molar-refractivity contribution < 1.29 is 0 Å². The Labute approximate surface area is 105 Å². The van der Waals surface area contributed by atoms with Gasteiger partial charge in [-0.2, -0.15) is 0 Å². The third kappa shape index (κ3) is 1.61. The molecule has 0 aliphatic heterocycles. The normalized spacial score (nSPS) is 50.6. The van der Waals surface area contributed by atoms with Gasteiger partial charge in [0.1, 0.15) is 0 Å². The molecule has 94 valence electrons. The molecule has 3 rings (SSSR count). The summed E-state index contributed by atoms with van der Waals surface area (Å²) < 4.78 is 0. The van der Waals surface area contributed by atoms with Gasteiger partial charge in [0.05, 0.1) is 0 Å². The summed E-state index contributed by atoms with van der Waals surface area (Å²) in [5, 5.41) is 0. The van der Waals surface area contributed by atoms with Crippen LogP contribution in [0.2, 0.25) is 0 Å². The molecule has 0 radical (unpaired) electrons. The molecule has 16 heavy (non-hydrogen) atoms. The molecule has 4 N–H and O–H groups in total. The van der Waals surface area contributed by atoms with Gasteiger partial charge < -0.3 is 11.5 Å². The van der Waals surface area contributed by atoms with Crippen LogP contribution in [-0.4, -0.2) is 12.6 Å². The van der Waals surface area contributed by atoms with Gasteiger partial charge in [0, 0.05) is 6.04 Å². The molecule has 3 aliphatic carbocycles. The highest BCUT2D eigenvalue weighted by atomic mass is 35.5. The maximum absolute atomic E-state index is 6.51. The smallest absolute Gasteiger partial charge is 0.0127 e. The first-order valence-corrected chi connectivity index (χ1v) is 6.72. The van der Waals surface area contributed by atoms with Crippen LogP contribution in [-0.2, 0) is 0 Å². The lowest BCUT2D eigenvalue weighted by Gasteiger charge is -2.47. The van der Waals surface area contributed by atoms with Crippen molar-refractivity contribution in [1.82, 2.24) is 0 Å². The summed E-state index contributed by atoms with van der Waals surface area (Å²) in [4.78, 5) is 0. The van der Waals surface area contributed by atoms with Gasteiger partial charge in [-0.05, 0) is 68.2 Å². The van der Waals surface area contributed by atoms with Gasteiger partial charge in [-0.15, -0.1) is 12.4 Å². The van der Waals surface area contributed by atoms with Crippen molar-refractivity contribution in [3.05, 3.63) is 0 Å². The monoisotopic (exact) mass is 244 g/mol. The Bertz CT molecular complexity index is 254. The van der Waals surface area contributed by atoms with Crippen LogP contribution in [0.5, 0.6) is 0 Å². The number of nitrogens with two attached hydrogens (primary N) is 2. The van der Waals surface area contributed by atoms with Crippen molar-refractivity contribution >= 4 is 12.4 Å². The molecule has 0 heterocycles. The lowest BCUT2D eigenvalue weighted by molar-refractivity contribution is 0.0505. The standard InChI is InChI=1S/C13H24N2.ClH/c14-8-9-2-1-5-13(7-9)11-4-3-10(6-11)12(13)15;/h9-12H,1-8,14-15H2;1H. The average Bonchev–Trinajstić information content (AvgIpc) is 2.84. The molecule has 5 unspecified atom stereocenters. The first kappa shape index (κ1) is 12.7. The molecule has 3 aliphatic rings. The molecule has 3 fully saturated rings. The van der Waals surface area contributed by atoms with Crippen LogP contribution < -0.4 is 11.5 Å². The van der Waals surface area contributed by atoms with Gasteiger partial charge >= 0.3 is 0 Å². The first-order chi connectivity index (χ1) is 7.26. The third-order valence-corrected chi connectivity index (χ3v) is 5.71. The molecule has 3 saturated carbocycles. The number of hydrogen-bond acceptors (Lipinski definition) is 2. The van der Waals surface area contributed by atoms with Crippen molar-refractivity contribution in [1.29, 1.82) is 0 Å². The Balaban J connectivity index is 0.000000963. The van der Waals surface area contributed by atoms with E-state index in [0.29, 0.717) is 11.5 Å². The van der Waals surface area contributed by atoms with Crippen LogP contribution in [0.3, 0.4) is 0 Å². The average molecular weight is 245 g/mol. The molecule has 0 aromatic rings. The third-order valence-electron chi connectivity index (χ3n) is 5.71. The fourth-order valence-electron chi connectivity index (χ4n) is 4.94. The van der Waals surface area contributed by atoms with Crippen molar-refractivity contribution in [2.45, 2.75) is 51.0 Å². The second-order valence-electron chi connectivity index (χ2n) is 6.23. The van der Waals surface area contributed by atoms with Gasteiger partial charge in [-0.25, -0.2) is 0 Å². The van der Waals surface area contributed by atoms with Gasteiger partial charge in [0.2, 0.25) is 0 Å². The molecule has 5 atom stereocenters. The van der Waals surface area contributed by atoms with Crippen LogP contribution in [0.4, 0.5) is 0 Å². The van der Waals surface area contributed by atoms with Gasteiger partial charge in [-0.3, -0.25) is 0 Å². The first-order valence-electron chi connectivity index (χ1n) is 6.72. The van der Waals surface area contributed by atoms with Crippen LogP contribution in [0.15, 0.2) is 0 Å². The molecule has 2 nitrogen and oxygen atoms in total. The minimum absolute atomic E-state index is 0. The molecule has 0 amide bonds. The molecule has 0 saturated heterocycles. The fraction of sp³-hybridized carbons (Fsp3) is 1.00. The topological polar surface area (TPSA) is 52.0 Å². The Morgan fingerprint density at radius 1 is 1.19 bits per heavy atom. The van der Waals surface area contributed by atoms with Crippen molar-refractivity contribution in [3.8, 4) is 0 Å². The van der Waals surface area contributed by atoms with Crippen LogP contribution in [0.1, 0.15) is 44.9 Å². The number of halogens is 1. The Hall–Kier alpha value is 0.210. The lowest BCUT2D eigenvalue weighted by atomic mass is 9.59. The van der Waals surface area contributed by atoms with E-state index in [1.807, 2.05) is 0 Å². The van der Waals surface area contributed by atoms with E-state index in [1.54, 1.807) is 0 Å².